The number of fused-ring (bicyclic) bond motifs is 1. The van der Waals surface area contributed by atoms with E-state index < -0.39 is 5.60 Å². The van der Waals surface area contributed by atoms with Gasteiger partial charge in [-0.25, -0.2) is 4.79 Å². The second-order valence-corrected chi connectivity index (χ2v) is 9.58. The lowest BCUT2D eigenvalue weighted by molar-refractivity contribution is 0.0185. The van der Waals surface area contributed by atoms with E-state index in [1.165, 1.54) is 0 Å². The summed E-state index contributed by atoms with van der Waals surface area (Å²) >= 11 is 0. The molecule has 0 bridgehead atoms. The van der Waals surface area contributed by atoms with Crippen LogP contribution < -0.4 is 0 Å². The molecule has 1 saturated heterocycles. The molecule has 9 nitrogen and oxygen atoms in total. The van der Waals surface area contributed by atoms with Gasteiger partial charge in [0.05, 0.1) is 29.1 Å². The Bertz CT molecular complexity index is 1330. The van der Waals surface area contributed by atoms with E-state index in [0.29, 0.717) is 24.3 Å². The highest BCUT2D eigenvalue weighted by molar-refractivity contribution is 5.82. The molecular weight excluding hydrogens is 432 g/mol. The lowest BCUT2D eigenvalue weighted by Gasteiger charge is -2.33. The second kappa shape index (κ2) is 8.48. The summed E-state index contributed by atoms with van der Waals surface area (Å²) in [6.45, 7) is 6.92. The van der Waals surface area contributed by atoms with Gasteiger partial charge in [0.2, 0.25) is 0 Å². The minimum absolute atomic E-state index is 0.166. The molecule has 0 spiro atoms. The molecule has 0 atom stereocenters. The van der Waals surface area contributed by atoms with Crippen molar-refractivity contribution in [3.05, 3.63) is 55.0 Å². The Labute approximate surface area is 197 Å². The number of aromatic nitrogens is 5. The Kier molecular flexibility index (Phi) is 5.47. The van der Waals surface area contributed by atoms with Crippen LogP contribution in [-0.4, -0.2) is 59.3 Å². The smallest absolute Gasteiger partial charge is 0.410 e. The molecule has 1 fully saturated rings. The first-order valence-electron chi connectivity index (χ1n) is 11.4. The van der Waals surface area contributed by atoms with E-state index in [0.717, 1.165) is 29.6 Å². The van der Waals surface area contributed by atoms with Gasteiger partial charge >= 0.3 is 6.09 Å². The van der Waals surface area contributed by atoms with Crippen molar-refractivity contribution < 1.29 is 14.6 Å². The van der Waals surface area contributed by atoms with Crippen molar-refractivity contribution in [2.45, 2.75) is 45.3 Å². The first kappa shape index (κ1) is 21.9. The number of carbonyl (C=O) groups excluding carboxylic acids is 1. The summed E-state index contributed by atoms with van der Waals surface area (Å²) in [5.41, 5.74) is 3.31. The summed E-state index contributed by atoms with van der Waals surface area (Å²) in [6.07, 6.45) is 7.17. The third-order valence-electron chi connectivity index (χ3n) is 5.98. The molecule has 176 valence electrons. The SMILES string of the molecule is CC(C)(C)OC(=O)N1CCC(n2cc(-n3ccc4nnc(-c5ccccc5O)cc43)cn2)CC1. The van der Waals surface area contributed by atoms with Crippen LogP contribution in [-0.2, 0) is 4.74 Å². The van der Waals surface area contributed by atoms with Gasteiger partial charge in [-0.15, -0.1) is 10.2 Å². The van der Waals surface area contributed by atoms with Crippen molar-refractivity contribution >= 4 is 17.1 Å². The number of carbonyl (C=O) groups is 1. The number of para-hydroxylation sites is 1. The molecule has 0 radical (unpaired) electrons. The van der Waals surface area contributed by atoms with Crippen LogP contribution in [0, 0.1) is 0 Å². The molecule has 1 aromatic carbocycles. The highest BCUT2D eigenvalue weighted by Crippen LogP contribution is 2.30. The maximum absolute atomic E-state index is 12.3. The number of rotatable bonds is 3. The van der Waals surface area contributed by atoms with E-state index in [4.69, 9.17) is 4.74 Å². The van der Waals surface area contributed by atoms with Crippen LogP contribution in [0.5, 0.6) is 5.75 Å². The van der Waals surface area contributed by atoms with Crippen molar-refractivity contribution in [2.75, 3.05) is 13.1 Å². The number of hydrogen-bond donors (Lipinski definition) is 1. The largest absolute Gasteiger partial charge is 0.507 e. The number of nitrogens with zero attached hydrogens (tertiary/aromatic N) is 6. The van der Waals surface area contributed by atoms with Gasteiger partial charge < -0.3 is 19.3 Å². The number of piperidine rings is 1. The van der Waals surface area contributed by atoms with Gasteiger partial charge in [-0.3, -0.25) is 4.68 Å². The fourth-order valence-corrected chi connectivity index (χ4v) is 4.27. The van der Waals surface area contributed by atoms with Crippen LogP contribution in [0.4, 0.5) is 4.79 Å². The zero-order valence-corrected chi connectivity index (χ0v) is 19.5. The maximum atomic E-state index is 12.3. The van der Waals surface area contributed by atoms with Gasteiger partial charge in [-0.05, 0) is 57.9 Å². The summed E-state index contributed by atoms with van der Waals surface area (Å²) in [6, 6.07) is 11.1. The van der Waals surface area contributed by atoms with E-state index in [2.05, 4.69) is 15.3 Å². The molecule has 0 unspecified atom stereocenters. The molecule has 9 heteroatoms. The highest BCUT2D eigenvalue weighted by atomic mass is 16.6. The number of amides is 1. The van der Waals surface area contributed by atoms with Crippen LogP contribution in [0.25, 0.3) is 28.0 Å². The zero-order chi connectivity index (χ0) is 23.9. The Morgan fingerprint density at radius 3 is 2.62 bits per heavy atom. The average molecular weight is 461 g/mol. The van der Waals surface area contributed by atoms with E-state index in [1.54, 1.807) is 17.0 Å². The molecule has 34 heavy (non-hydrogen) atoms. The van der Waals surface area contributed by atoms with Crippen LogP contribution in [0.3, 0.4) is 0 Å². The molecule has 1 N–H and O–H groups in total. The quantitative estimate of drug-likeness (QED) is 0.481. The van der Waals surface area contributed by atoms with Crippen molar-refractivity contribution in [1.29, 1.82) is 0 Å². The Hall–Kier alpha value is -3.88. The van der Waals surface area contributed by atoms with E-state index >= 15 is 0 Å². The number of benzene rings is 1. The molecule has 4 heterocycles. The number of aromatic hydroxyl groups is 1. The van der Waals surface area contributed by atoms with E-state index in [1.807, 2.05) is 72.9 Å². The summed E-state index contributed by atoms with van der Waals surface area (Å²) < 4.78 is 9.49. The minimum Gasteiger partial charge on any atom is -0.507 e. The first-order valence-corrected chi connectivity index (χ1v) is 11.4. The molecule has 4 aromatic rings. The zero-order valence-electron chi connectivity index (χ0n) is 19.5. The molecule has 0 aliphatic carbocycles. The van der Waals surface area contributed by atoms with Crippen molar-refractivity contribution in [2.24, 2.45) is 0 Å². The van der Waals surface area contributed by atoms with Gasteiger partial charge in [0.1, 0.15) is 16.9 Å². The first-order chi connectivity index (χ1) is 16.3. The number of likely N-dealkylation sites (tertiary alicyclic amines) is 1. The lowest BCUT2D eigenvalue weighted by Crippen LogP contribution is -2.42. The summed E-state index contributed by atoms with van der Waals surface area (Å²) in [5.74, 6) is 0.166. The van der Waals surface area contributed by atoms with Crippen molar-refractivity contribution in [1.82, 2.24) is 29.4 Å². The molecule has 5 rings (SSSR count). The fraction of sp³-hybridized carbons (Fsp3) is 0.360. The molecule has 1 amide bonds. The third-order valence-corrected chi connectivity index (χ3v) is 5.98. The average Bonchev–Trinajstić information content (AvgIpc) is 3.45. The molecule has 0 saturated carbocycles. The van der Waals surface area contributed by atoms with Gasteiger partial charge in [0.25, 0.3) is 0 Å². The number of phenolic OH excluding ortho intramolecular Hbond substituents is 1. The lowest BCUT2D eigenvalue weighted by atomic mass is 10.1. The predicted octanol–water partition coefficient (Wildman–Crippen LogP) is 4.56. The van der Waals surface area contributed by atoms with E-state index in [-0.39, 0.29) is 17.9 Å². The number of phenols is 1. The molecule has 1 aliphatic heterocycles. The monoisotopic (exact) mass is 460 g/mol. The normalized spacial score (nSPS) is 15.1. The van der Waals surface area contributed by atoms with Crippen LogP contribution in [0.2, 0.25) is 0 Å². The Balaban J connectivity index is 1.34. The Morgan fingerprint density at radius 2 is 1.88 bits per heavy atom. The topological polar surface area (TPSA) is 98.3 Å². The summed E-state index contributed by atoms with van der Waals surface area (Å²) in [7, 11) is 0. The van der Waals surface area contributed by atoms with Crippen LogP contribution in [0.1, 0.15) is 39.7 Å². The van der Waals surface area contributed by atoms with Crippen LogP contribution >= 0.6 is 0 Å². The van der Waals surface area contributed by atoms with Gasteiger partial charge in [0, 0.05) is 31.0 Å². The van der Waals surface area contributed by atoms with Crippen molar-refractivity contribution in [3.8, 4) is 22.7 Å². The maximum Gasteiger partial charge on any atom is 0.410 e. The standard InChI is InChI=1S/C25H28N6O3/c1-25(2,3)34-24(33)29-11-8-17(9-12-29)31-16-18(15-26-31)30-13-10-20-22(30)14-21(28-27-20)19-6-4-5-7-23(19)32/h4-7,10,13-17,32H,8-9,11-12H2,1-3H3. The number of ether oxygens (including phenoxy) is 1. The van der Waals surface area contributed by atoms with Crippen molar-refractivity contribution in [3.63, 3.8) is 0 Å². The van der Waals surface area contributed by atoms with Gasteiger partial charge in [-0.2, -0.15) is 5.10 Å². The van der Waals surface area contributed by atoms with Gasteiger partial charge in [-0.1, -0.05) is 12.1 Å². The van der Waals surface area contributed by atoms with Crippen LogP contribution in [0.15, 0.2) is 55.0 Å². The Morgan fingerprint density at radius 1 is 1.12 bits per heavy atom. The van der Waals surface area contributed by atoms with Gasteiger partial charge in [0.15, 0.2) is 0 Å². The second-order valence-electron chi connectivity index (χ2n) is 9.58. The minimum atomic E-state index is -0.492. The highest BCUT2D eigenvalue weighted by Gasteiger charge is 2.28. The molecule has 3 aromatic heterocycles. The summed E-state index contributed by atoms with van der Waals surface area (Å²) in [4.78, 5) is 14.1. The molecular formula is C25H28N6O3. The van der Waals surface area contributed by atoms with E-state index in [9.17, 15) is 9.90 Å². The summed E-state index contributed by atoms with van der Waals surface area (Å²) in [5, 5.41) is 23.4. The third kappa shape index (κ3) is 4.33. The number of hydrogen-bond acceptors (Lipinski definition) is 6. The fourth-order valence-electron chi connectivity index (χ4n) is 4.27. The molecule has 1 aliphatic rings. The predicted molar refractivity (Wildman–Crippen MR) is 128 cm³/mol.